The molecule has 2 fully saturated rings. The quantitative estimate of drug-likeness (QED) is 0.551. The van der Waals surface area contributed by atoms with Gasteiger partial charge in [-0.25, -0.2) is 0 Å². The van der Waals surface area contributed by atoms with E-state index in [-0.39, 0.29) is 12.3 Å². The molecule has 31 heavy (non-hydrogen) atoms. The van der Waals surface area contributed by atoms with Gasteiger partial charge in [-0.15, -0.1) is 0 Å². The Morgan fingerprint density at radius 3 is 2.29 bits per heavy atom. The van der Waals surface area contributed by atoms with Gasteiger partial charge in [0.25, 0.3) is 0 Å². The lowest BCUT2D eigenvalue weighted by Crippen LogP contribution is -2.48. The van der Waals surface area contributed by atoms with E-state index in [1.165, 1.54) is 5.69 Å². The number of aliphatic carboxylic acids is 1. The maximum atomic E-state index is 12.5. The minimum atomic E-state index is -0.994. The van der Waals surface area contributed by atoms with E-state index < -0.39 is 11.6 Å². The molecule has 1 amide bonds. The summed E-state index contributed by atoms with van der Waals surface area (Å²) in [5.74, 6) is -0.0297. The molecule has 1 aliphatic heterocycles. The van der Waals surface area contributed by atoms with Crippen molar-refractivity contribution < 1.29 is 19.8 Å². The van der Waals surface area contributed by atoms with E-state index in [1.807, 2.05) is 17.0 Å². The summed E-state index contributed by atoms with van der Waals surface area (Å²) in [7, 11) is 0. The molecule has 3 rings (SSSR count). The number of carboxylic acid groups (broad SMARTS) is 1. The lowest BCUT2D eigenvalue weighted by Gasteiger charge is -2.36. The molecule has 2 heterocycles. The van der Waals surface area contributed by atoms with E-state index in [0.717, 1.165) is 71.1 Å². The Kier molecular flexibility index (Phi) is 8.69. The molecule has 1 saturated carbocycles. The second-order valence-electron chi connectivity index (χ2n) is 9.26. The number of rotatable bonds is 10. The van der Waals surface area contributed by atoms with Crippen molar-refractivity contribution in [1.29, 1.82) is 0 Å². The second kappa shape index (κ2) is 11.5. The Balaban J connectivity index is 1.22. The fourth-order valence-electron chi connectivity index (χ4n) is 4.95. The average Bonchev–Trinajstić information content (AvgIpc) is 2.77. The molecule has 2 N–H and O–H groups in total. The van der Waals surface area contributed by atoms with Gasteiger partial charge in [0.05, 0.1) is 12.0 Å². The highest BCUT2D eigenvalue weighted by atomic mass is 16.4. The fraction of sp³-hybridized carbons (Fsp3) is 0.708. The molecule has 0 atom stereocenters. The van der Waals surface area contributed by atoms with Gasteiger partial charge in [0, 0.05) is 50.7 Å². The molecule has 1 aliphatic carbocycles. The van der Waals surface area contributed by atoms with Crippen molar-refractivity contribution in [2.24, 2.45) is 5.92 Å². The molecule has 7 heteroatoms. The Hall–Kier alpha value is -2.15. The van der Waals surface area contributed by atoms with E-state index in [2.05, 4.69) is 9.88 Å². The Morgan fingerprint density at radius 1 is 1.00 bits per heavy atom. The maximum absolute atomic E-state index is 12.5. The first-order valence-corrected chi connectivity index (χ1v) is 11.8. The number of carboxylic acids is 1. The third-order valence-corrected chi connectivity index (χ3v) is 6.93. The van der Waals surface area contributed by atoms with Crippen LogP contribution in [0.25, 0.3) is 0 Å². The molecular weight excluding hydrogens is 394 g/mol. The molecule has 1 saturated heterocycles. The third kappa shape index (κ3) is 7.49. The van der Waals surface area contributed by atoms with Crippen molar-refractivity contribution in [2.45, 2.75) is 76.2 Å². The van der Waals surface area contributed by atoms with Crippen LogP contribution in [0.5, 0.6) is 0 Å². The second-order valence-corrected chi connectivity index (χ2v) is 9.26. The number of aromatic nitrogens is 1. The molecule has 0 spiro atoms. The van der Waals surface area contributed by atoms with Gasteiger partial charge in [0.1, 0.15) is 0 Å². The van der Waals surface area contributed by atoms with Crippen molar-refractivity contribution in [3.63, 3.8) is 0 Å². The first kappa shape index (κ1) is 23.5. The summed E-state index contributed by atoms with van der Waals surface area (Å²) in [6, 6.07) is 4.03. The lowest BCUT2D eigenvalue weighted by molar-refractivity contribution is -0.144. The van der Waals surface area contributed by atoms with Crippen molar-refractivity contribution in [3.8, 4) is 0 Å². The molecule has 0 unspecified atom stereocenters. The molecule has 1 aromatic heterocycles. The number of pyridine rings is 1. The smallest absolute Gasteiger partial charge is 0.306 e. The summed E-state index contributed by atoms with van der Waals surface area (Å²) >= 11 is 0. The van der Waals surface area contributed by atoms with E-state index in [0.29, 0.717) is 25.2 Å². The number of amides is 1. The molecular formula is C24H37N3O4. The van der Waals surface area contributed by atoms with Gasteiger partial charge in [-0.1, -0.05) is 25.7 Å². The highest BCUT2D eigenvalue weighted by molar-refractivity contribution is 5.76. The maximum Gasteiger partial charge on any atom is 0.306 e. The number of nitrogens with zero attached hydrogens (tertiary/aromatic N) is 3. The Labute approximate surface area is 185 Å². The summed E-state index contributed by atoms with van der Waals surface area (Å²) in [4.78, 5) is 31.7. The fourth-order valence-corrected chi connectivity index (χ4v) is 4.95. The molecule has 2 aliphatic rings. The van der Waals surface area contributed by atoms with Crippen LogP contribution in [0.2, 0.25) is 0 Å². The zero-order valence-corrected chi connectivity index (χ0v) is 18.5. The number of hydrogen-bond donors (Lipinski definition) is 2. The van der Waals surface area contributed by atoms with Crippen LogP contribution >= 0.6 is 0 Å². The van der Waals surface area contributed by atoms with Crippen molar-refractivity contribution in [2.75, 3.05) is 31.1 Å². The summed E-state index contributed by atoms with van der Waals surface area (Å²) in [5, 5.41) is 19.2. The number of aliphatic hydroxyl groups is 1. The summed E-state index contributed by atoms with van der Waals surface area (Å²) in [6.45, 7) is 3.32. The van der Waals surface area contributed by atoms with Crippen LogP contribution in [0.4, 0.5) is 5.69 Å². The normalized spacial score (nSPS) is 24.2. The zero-order valence-electron chi connectivity index (χ0n) is 18.5. The van der Waals surface area contributed by atoms with Crippen LogP contribution in [0, 0.1) is 5.92 Å². The van der Waals surface area contributed by atoms with E-state index in [9.17, 15) is 14.7 Å². The Bertz CT molecular complexity index is 696. The molecule has 1 aromatic rings. The van der Waals surface area contributed by atoms with E-state index in [1.54, 1.807) is 12.4 Å². The van der Waals surface area contributed by atoms with Gasteiger partial charge in [0.2, 0.25) is 5.91 Å². The van der Waals surface area contributed by atoms with Crippen LogP contribution in [0.1, 0.15) is 70.6 Å². The first-order chi connectivity index (χ1) is 15.0. The predicted octanol–water partition coefficient (Wildman–Crippen LogP) is 3.47. The molecule has 172 valence electrons. The average molecular weight is 432 g/mol. The highest BCUT2D eigenvalue weighted by Crippen LogP contribution is 2.36. The van der Waals surface area contributed by atoms with Gasteiger partial charge in [-0.2, -0.15) is 0 Å². The van der Waals surface area contributed by atoms with Crippen molar-refractivity contribution >= 4 is 17.6 Å². The minimum Gasteiger partial charge on any atom is -0.481 e. The minimum absolute atomic E-state index is 0.132. The zero-order chi connectivity index (χ0) is 22.1. The van der Waals surface area contributed by atoms with Crippen LogP contribution in [0.3, 0.4) is 0 Å². The third-order valence-electron chi connectivity index (χ3n) is 6.93. The monoisotopic (exact) mass is 431 g/mol. The van der Waals surface area contributed by atoms with E-state index >= 15 is 0 Å². The molecule has 0 aromatic carbocycles. The Morgan fingerprint density at radius 2 is 1.65 bits per heavy atom. The van der Waals surface area contributed by atoms with Crippen LogP contribution in [-0.2, 0) is 9.59 Å². The first-order valence-electron chi connectivity index (χ1n) is 11.8. The lowest BCUT2D eigenvalue weighted by atomic mass is 9.75. The predicted molar refractivity (Wildman–Crippen MR) is 120 cm³/mol. The van der Waals surface area contributed by atoms with Gasteiger partial charge < -0.3 is 20.0 Å². The number of unbranched alkanes of at least 4 members (excludes halogenated alkanes) is 3. The molecule has 0 radical (unpaired) electrons. The van der Waals surface area contributed by atoms with Crippen LogP contribution in [0.15, 0.2) is 24.5 Å². The van der Waals surface area contributed by atoms with Gasteiger partial charge >= 0.3 is 5.97 Å². The SMILES string of the molecule is O=C(O)CC1(O)CCC(CCCCCCC(=O)N2CCN(c3ccncc3)CC2)CC1. The standard InChI is InChI=1S/C24H37N3O4/c28-22(27-17-15-26(16-18-27)21-9-13-25-14-10-21)6-4-2-1-3-5-20-7-11-24(31,12-8-20)19-23(29)30/h9-10,13-14,20,31H,1-8,11-12,15-19H2,(H,29,30). The van der Waals surface area contributed by atoms with Crippen molar-refractivity contribution in [1.82, 2.24) is 9.88 Å². The summed E-state index contributed by atoms with van der Waals surface area (Å²) < 4.78 is 0. The largest absolute Gasteiger partial charge is 0.481 e. The molecule has 7 nitrogen and oxygen atoms in total. The number of hydrogen-bond acceptors (Lipinski definition) is 5. The van der Waals surface area contributed by atoms with Gasteiger partial charge in [-0.3, -0.25) is 14.6 Å². The van der Waals surface area contributed by atoms with Crippen molar-refractivity contribution in [3.05, 3.63) is 24.5 Å². The van der Waals surface area contributed by atoms with Crippen LogP contribution < -0.4 is 4.90 Å². The highest BCUT2D eigenvalue weighted by Gasteiger charge is 2.34. The molecule has 0 bridgehead atoms. The number of carbonyl (C=O) groups excluding carboxylic acids is 1. The van der Waals surface area contributed by atoms with Crippen LogP contribution in [-0.4, -0.2) is 63.8 Å². The van der Waals surface area contributed by atoms with Gasteiger partial charge in [0.15, 0.2) is 0 Å². The summed E-state index contributed by atoms with van der Waals surface area (Å²) in [6.07, 6.45) is 12.6. The number of carbonyl (C=O) groups is 2. The topological polar surface area (TPSA) is 94.0 Å². The summed E-state index contributed by atoms with van der Waals surface area (Å²) in [5.41, 5.74) is 0.179. The van der Waals surface area contributed by atoms with Gasteiger partial charge in [-0.05, 0) is 50.2 Å². The number of piperazine rings is 1. The van der Waals surface area contributed by atoms with E-state index in [4.69, 9.17) is 5.11 Å². The number of anilines is 1.